The highest BCUT2D eigenvalue weighted by molar-refractivity contribution is 8.00. The molecule has 3 aromatic rings. The molecule has 7 nitrogen and oxygen atoms in total. The van der Waals surface area contributed by atoms with Gasteiger partial charge >= 0.3 is 11.0 Å². The van der Waals surface area contributed by atoms with Crippen molar-refractivity contribution >= 4 is 46.5 Å². The van der Waals surface area contributed by atoms with Crippen molar-refractivity contribution in [3.05, 3.63) is 79.8 Å². The zero-order chi connectivity index (χ0) is 31.6. The predicted octanol–water partition coefficient (Wildman–Crippen LogP) is 6.03. The van der Waals surface area contributed by atoms with Crippen molar-refractivity contribution in [1.29, 1.82) is 0 Å². The van der Waals surface area contributed by atoms with Crippen LogP contribution in [-0.4, -0.2) is 45.5 Å². The highest BCUT2D eigenvalue weighted by Gasteiger charge is 2.57. The van der Waals surface area contributed by atoms with Crippen molar-refractivity contribution in [3.63, 3.8) is 0 Å². The van der Waals surface area contributed by atoms with E-state index in [1.807, 2.05) is 24.3 Å². The number of rotatable bonds is 4. The third-order valence-electron chi connectivity index (χ3n) is 8.62. The number of thioether (sulfide) groups is 1. The van der Waals surface area contributed by atoms with Crippen molar-refractivity contribution in [3.8, 4) is 0 Å². The van der Waals surface area contributed by atoms with Crippen LogP contribution in [-0.2, 0) is 32.5 Å². The number of likely N-dealkylation sites (tertiary alicyclic amines) is 1. The van der Waals surface area contributed by atoms with E-state index in [2.05, 4.69) is 20.8 Å². The van der Waals surface area contributed by atoms with E-state index in [-0.39, 0.29) is 28.4 Å². The Kier molecular flexibility index (Phi) is 7.80. The summed E-state index contributed by atoms with van der Waals surface area (Å²) in [5.74, 6) is -3.07. The number of alkyl halides is 3. The number of imide groups is 1. The Hall–Kier alpha value is -3.38. The van der Waals surface area contributed by atoms with Crippen LogP contribution >= 0.6 is 23.1 Å². The average molecular weight is 644 g/mol. The van der Waals surface area contributed by atoms with Crippen molar-refractivity contribution in [1.82, 2.24) is 9.47 Å². The van der Waals surface area contributed by atoms with Crippen molar-refractivity contribution < 1.29 is 27.6 Å². The lowest BCUT2D eigenvalue weighted by Gasteiger charge is -2.31. The molecule has 0 N–H and O–H groups in total. The van der Waals surface area contributed by atoms with E-state index in [0.717, 1.165) is 70.5 Å². The standard InChI is InChI=1S/C32H32F3N3O4S2/c1-31(2,3)19-12-10-18(11-13-19)23-24-25(28(41)38(27(24)40)21-9-7-8-20(16-21)32(33,34)35)43-29-26(23)44-30(42)37(29)17-22(39)36-14-5-4-6-15-36/h7-13,16,23-25H,4-6,14-15,17H2,1-3H3/t23-,24?,25?/m0/s1. The molecule has 44 heavy (non-hydrogen) atoms. The van der Waals surface area contributed by atoms with Gasteiger partial charge in [0.1, 0.15) is 11.8 Å². The summed E-state index contributed by atoms with van der Waals surface area (Å²) >= 11 is 2.02. The first-order valence-corrected chi connectivity index (χ1v) is 16.3. The number of thiazole rings is 1. The van der Waals surface area contributed by atoms with Gasteiger partial charge in [-0.15, -0.1) is 0 Å². The summed E-state index contributed by atoms with van der Waals surface area (Å²) in [5.41, 5.74) is 0.527. The van der Waals surface area contributed by atoms with Crippen LogP contribution < -0.4 is 9.77 Å². The summed E-state index contributed by atoms with van der Waals surface area (Å²) in [5, 5.41) is -0.522. The molecule has 2 fully saturated rings. The summed E-state index contributed by atoms with van der Waals surface area (Å²) in [6.45, 7) is 7.29. The molecule has 0 saturated carbocycles. The lowest BCUT2D eigenvalue weighted by molar-refractivity contribution is -0.137. The molecule has 4 heterocycles. The first-order valence-electron chi connectivity index (χ1n) is 14.6. The summed E-state index contributed by atoms with van der Waals surface area (Å²) < 4.78 is 42.0. The third-order valence-corrected chi connectivity index (χ3v) is 11.2. The van der Waals surface area contributed by atoms with E-state index < -0.39 is 40.6 Å². The van der Waals surface area contributed by atoms with Gasteiger partial charge in [0.05, 0.1) is 22.2 Å². The number of nitrogens with zero attached hydrogens (tertiary/aromatic N) is 3. The van der Waals surface area contributed by atoms with Gasteiger partial charge in [-0.3, -0.25) is 23.7 Å². The van der Waals surface area contributed by atoms with E-state index in [1.165, 1.54) is 16.7 Å². The molecule has 0 radical (unpaired) electrons. The van der Waals surface area contributed by atoms with E-state index >= 15 is 0 Å². The van der Waals surface area contributed by atoms with Crippen LogP contribution in [0, 0.1) is 5.92 Å². The van der Waals surface area contributed by atoms with Gasteiger partial charge < -0.3 is 4.90 Å². The predicted molar refractivity (Wildman–Crippen MR) is 163 cm³/mol. The fourth-order valence-corrected chi connectivity index (χ4v) is 9.03. The number of piperidine rings is 1. The summed E-state index contributed by atoms with van der Waals surface area (Å²) in [7, 11) is 0. The average Bonchev–Trinajstić information content (AvgIpc) is 3.43. The molecule has 0 spiro atoms. The van der Waals surface area contributed by atoms with Crippen molar-refractivity contribution in [2.75, 3.05) is 18.0 Å². The highest BCUT2D eigenvalue weighted by Crippen LogP contribution is 2.54. The molecule has 0 bridgehead atoms. The van der Waals surface area contributed by atoms with E-state index in [1.54, 1.807) is 4.90 Å². The molecule has 3 atom stereocenters. The molecule has 2 aromatic carbocycles. The van der Waals surface area contributed by atoms with Gasteiger partial charge in [0, 0.05) is 23.9 Å². The molecule has 2 saturated heterocycles. The number of aromatic nitrogens is 1. The molecule has 2 unspecified atom stereocenters. The summed E-state index contributed by atoms with van der Waals surface area (Å²) in [4.78, 5) is 57.5. The van der Waals surface area contributed by atoms with Crippen molar-refractivity contribution in [2.24, 2.45) is 5.92 Å². The van der Waals surface area contributed by atoms with Crippen LogP contribution in [0.3, 0.4) is 0 Å². The Bertz CT molecular complexity index is 1680. The van der Waals surface area contributed by atoms with E-state index in [0.29, 0.717) is 23.0 Å². The van der Waals surface area contributed by atoms with Crippen LogP contribution in [0.5, 0.6) is 0 Å². The van der Waals surface area contributed by atoms with Crippen LogP contribution in [0.25, 0.3) is 0 Å². The van der Waals surface area contributed by atoms with Gasteiger partial charge in [-0.2, -0.15) is 13.2 Å². The fraction of sp³-hybridized carbons (Fsp3) is 0.438. The van der Waals surface area contributed by atoms with Gasteiger partial charge in [-0.25, -0.2) is 4.90 Å². The Morgan fingerprint density at radius 3 is 2.23 bits per heavy atom. The number of halogens is 3. The molecular formula is C32H32F3N3O4S2. The Labute approximate surface area is 261 Å². The Morgan fingerprint density at radius 1 is 0.909 bits per heavy atom. The molecular weight excluding hydrogens is 611 g/mol. The number of carbonyl (C=O) groups excluding carboxylic acids is 3. The van der Waals surface area contributed by atoms with Gasteiger partial charge in [-0.05, 0) is 54.0 Å². The minimum atomic E-state index is -4.65. The molecule has 3 amide bonds. The second kappa shape index (κ2) is 11.2. The number of carbonyl (C=O) groups is 3. The molecule has 1 aromatic heterocycles. The second-order valence-corrected chi connectivity index (χ2v) is 14.7. The lowest BCUT2D eigenvalue weighted by Crippen LogP contribution is -2.39. The molecule has 12 heteroatoms. The zero-order valence-corrected chi connectivity index (χ0v) is 26.2. The maximum absolute atomic E-state index is 14.1. The van der Waals surface area contributed by atoms with Crippen LogP contribution in [0.1, 0.15) is 67.5 Å². The van der Waals surface area contributed by atoms with Gasteiger partial charge in [0.2, 0.25) is 17.7 Å². The Morgan fingerprint density at radius 2 is 1.59 bits per heavy atom. The second-order valence-electron chi connectivity index (χ2n) is 12.5. The van der Waals surface area contributed by atoms with Gasteiger partial charge in [-0.1, -0.05) is 74.2 Å². The number of amides is 3. The number of anilines is 1. The fourth-order valence-electron chi connectivity index (χ4n) is 6.26. The number of fused-ring (bicyclic) bond motifs is 2. The topological polar surface area (TPSA) is 79.7 Å². The number of hydrogen-bond acceptors (Lipinski definition) is 6. The minimum absolute atomic E-state index is 0.142. The SMILES string of the molecule is CC(C)(C)c1ccc([C@@H]2c3sc(=O)n(CC(=O)N4CCCCC4)c3SC3C(=O)N(c4cccc(C(F)(F)F)c4)C(=O)C32)cc1. The normalized spacial score (nSPS) is 22.3. The number of hydrogen-bond donors (Lipinski definition) is 0. The van der Waals surface area contributed by atoms with E-state index in [9.17, 15) is 32.3 Å². The van der Waals surface area contributed by atoms with Crippen LogP contribution in [0.4, 0.5) is 18.9 Å². The monoisotopic (exact) mass is 643 g/mol. The maximum atomic E-state index is 14.1. The summed E-state index contributed by atoms with van der Waals surface area (Å²) in [6.07, 6.45) is -1.81. The summed E-state index contributed by atoms with van der Waals surface area (Å²) in [6, 6.07) is 11.9. The first-order chi connectivity index (χ1) is 20.8. The maximum Gasteiger partial charge on any atom is 0.416 e. The molecule has 6 rings (SSSR count). The molecule has 0 aliphatic carbocycles. The quantitative estimate of drug-likeness (QED) is 0.325. The molecule has 3 aliphatic heterocycles. The van der Waals surface area contributed by atoms with Gasteiger partial charge in [0.15, 0.2) is 0 Å². The van der Waals surface area contributed by atoms with E-state index in [4.69, 9.17) is 0 Å². The third kappa shape index (κ3) is 5.40. The highest BCUT2D eigenvalue weighted by atomic mass is 32.2. The first kappa shape index (κ1) is 30.6. The smallest absolute Gasteiger partial charge is 0.341 e. The molecule has 3 aliphatic rings. The van der Waals surface area contributed by atoms with Crippen LogP contribution in [0.2, 0.25) is 0 Å². The van der Waals surface area contributed by atoms with Gasteiger partial charge in [0.25, 0.3) is 0 Å². The molecule has 232 valence electrons. The lowest BCUT2D eigenvalue weighted by atomic mass is 9.81. The van der Waals surface area contributed by atoms with Crippen molar-refractivity contribution in [2.45, 2.75) is 74.4 Å². The largest absolute Gasteiger partial charge is 0.416 e. The van der Waals surface area contributed by atoms with Crippen LogP contribution in [0.15, 0.2) is 58.4 Å². The number of benzene rings is 2. The zero-order valence-electron chi connectivity index (χ0n) is 24.5. The minimum Gasteiger partial charge on any atom is -0.341 e. The Balaban J connectivity index is 1.44.